The number of ether oxygens (including phenoxy) is 3. The molecular weight excluding hydrogens is 266 g/mol. The third kappa shape index (κ3) is 3.76. The first kappa shape index (κ1) is 14.0. The Hall–Kier alpha value is -1.44. The molecule has 0 fully saturated rings. The summed E-state index contributed by atoms with van der Waals surface area (Å²) in [5.74, 6) is 1.15. The second kappa shape index (κ2) is 7.22. The predicted octanol–water partition coefficient (Wildman–Crippen LogP) is 1.77. The van der Waals surface area contributed by atoms with Crippen LogP contribution in [0.5, 0.6) is 5.88 Å². The number of nitrogens with one attached hydrogen (secondary N) is 1. The lowest BCUT2D eigenvalue weighted by molar-refractivity contribution is 0.0540. The average molecular weight is 283 g/mol. The topological polar surface area (TPSA) is 65.5 Å². The highest BCUT2D eigenvalue weighted by Gasteiger charge is 2.09. The normalized spacial score (nSPS) is 10.8. The predicted molar refractivity (Wildman–Crippen MR) is 75.2 cm³/mol. The molecule has 0 saturated heterocycles. The van der Waals surface area contributed by atoms with E-state index in [4.69, 9.17) is 14.2 Å². The fraction of sp³-hybridized carbons (Fsp3) is 0.500. The van der Waals surface area contributed by atoms with Crippen LogP contribution >= 0.6 is 11.3 Å². The highest BCUT2D eigenvalue weighted by molar-refractivity contribution is 7.16. The van der Waals surface area contributed by atoms with Crippen molar-refractivity contribution in [2.75, 3.05) is 45.9 Å². The average Bonchev–Trinajstić information content (AvgIpc) is 2.90. The van der Waals surface area contributed by atoms with Gasteiger partial charge in [-0.1, -0.05) is 0 Å². The Kier molecular flexibility index (Phi) is 5.31. The Morgan fingerprint density at radius 2 is 2.05 bits per heavy atom. The molecule has 0 aliphatic rings. The summed E-state index contributed by atoms with van der Waals surface area (Å²) in [5, 5.41) is 5.83. The summed E-state index contributed by atoms with van der Waals surface area (Å²) >= 11 is 1.56. The number of aromatic nitrogens is 2. The van der Waals surface area contributed by atoms with Crippen LogP contribution in [-0.2, 0) is 9.47 Å². The molecule has 0 atom stereocenters. The fourth-order valence-corrected chi connectivity index (χ4v) is 2.25. The van der Waals surface area contributed by atoms with Crippen molar-refractivity contribution >= 4 is 27.5 Å². The third-order valence-corrected chi connectivity index (χ3v) is 3.22. The van der Waals surface area contributed by atoms with Crippen molar-refractivity contribution in [3.05, 3.63) is 11.4 Å². The number of fused-ring (bicyclic) bond motifs is 1. The van der Waals surface area contributed by atoms with E-state index in [0.29, 0.717) is 38.3 Å². The zero-order valence-corrected chi connectivity index (χ0v) is 11.8. The summed E-state index contributed by atoms with van der Waals surface area (Å²) < 4.78 is 15.9. The van der Waals surface area contributed by atoms with Crippen LogP contribution in [0, 0.1) is 0 Å². The zero-order chi connectivity index (χ0) is 13.5. The van der Waals surface area contributed by atoms with Crippen LogP contribution in [0.1, 0.15) is 0 Å². The smallest absolute Gasteiger partial charge is 0.227 e. The number of hydrogen-bond donors (Lipinski definition) is 1. The van der Waals surface area contributed by atoms with E-state index in [9.17, 15) is 0 Å². The Labute approximate surface area is 115 Å². The minimum atomic E-state index is 0.453. The van der Waals surface area contributed by atoms with Crippen molar-refractivity contribution in [1.82, 2.24) is 9.97 Å². The third-order valence-electron chi connectivity index (χ3n) is 2.41. The molecule has 0 bridgehead atoms. The summed E-state index contributed by atoms with van der Waals surface area (Å²) in [7, 11) is 3.43. The molecule has 0 radical (unpaired) electrons. The Morgan fingerprint density at radius 1 is 1.21 bits per heavy atom. The lowest BCUT2D eigenvalue weighted by Gasteiger charge is -2.08. The van der Waals surface area contributed by atoms with Gasteiger partial charge in [0.25, 0.3) is 0 Å². The first-order valence-electron chi connectivity index (χ1n) is 5.97. The lowest BCUT2D eigenvalue weighted by Crippen LogP contribution is -2.11. The molecule has 0 spiro atoms. The number of thiophene rings is 1. The number of anilines is 1. The molecule has 7 heteroatoms. The van der Waals surface area contributed by atoms with Crippen LogP contribution in [0.25, 0.3) is 10.2 Å². The van der Waals surface area contributed by atoms with Crippen molar-refractivity contribution in [2.24, 2.45) is 0 Å². The van der Waals surface area contributed by atoms with Gasteiger partial charge in [-0.3, -0.25) is 0 Å². The number of hydrogen-bond acceptors (Lipinski definition) is 7. The molecule has 104 valence electrons. The molecule has 0 amide bonds. The van der Waals surface area contributed by atoms with Crippen LogP contribution in [0.4, 0.5) is 5.95 Å². The monoisotopic (exact) mass is 283 g/mol. The zero-order valence-electron chi connectivity index (χ0n) is 11.0. The molecule has 0 unspecified atom stereocenters. The van der Waals surface area contributed by atoms with Gasteiger partial charge in [-0.05, 0) is 11.4 Å². The van der Waals surface area contributed by atoms with Crippen molar-refractivity contribution in [2.45, 2.75) is 0 Å². The Morgan fingerprint density at radius 3 is 2.84 bits per heavy atom. The van der Waals surface area contributed by atoms with E-state index >= 15 is 0 Å². The molecule has 2 rings (SSSR count). The highest BCUT2D eigenvalue weighted by Crippen LogP contribution is 2.27. The van der Waals surface area contributed by atoms with Gasteiger partial charge in [0.1, 0.15) is 11.4 Å². The number of rotatable bonds is 8. The van der Waals surface area contributed by atoms with E-state index < -0.39 is 0 Å². The number of nitrogens with zero attached hydrogens (tertiary/aromatic N) is 2. The number of methoxy groups -OCH3 is 1. The first-order chi connectivity index (χ1) is 9.35. The van der Waals surface area contributed by atoms with Crippen LogP contribution < -0.4 is 10.1 Å². The maximum absolute atomic E-state index is 5.65. The van der Waals surface area contributed by atoms with E-state index in [0.717, 1.165) is 10.2 Å². The molecular formula is C12H17N3O3S. The Bertz CT molecular complexity index is 518. The molecule has 0 aromatic carbocycles. The van der Waals surface area contributed by atoms with Crippen molar-refractivity contribution in [3.63, 3.8) is 0 Å². The second-order valence-electron chi connectivity index (χ2n) is 3.70. The van der Waals surface area contributed by atoms with E-state index in [1.807, 2.05) is 11.4 Å². The van der Waals surface area contributed by atoms with E-state index in [2.05, 4.69) is 15.3 Å². The summed E-state index contributed by atoms with van der Waals surface area (Å²) in [4.78, 5) is 9.57. The largest absolute Gasteiger partial charge is 0.475 e. The van der Waals surface area contributed by atoms with E-state index in [1.54, 1.807) is 25.5 Å². The van der Waals surface area contributed by atoms with E-state index in [-0.39, 0.29) is 0 Å². The molecule has 0 aliphatic heterocycles. The molecule has 2 heterocycles. The molecule has 2 aromatic rings. The second-order valence-corrected chi connectivity index (χ2v) is 4.59. The molecule has 6 nitrogen and oxygen atoms in total. The van der Waals surface area contributed by atoms with Gasteiger partial charge in [-0.25, -0.2) is 4.98 Å². The van der Waals surface area contributed by atoms with Gasteiger partial charge in [0, 0.05) is 14.2 Å². The van der Waals surface area contributed by atoms with Crippen molar-refractivity contribution < 1.29 is 14.2 Å². The van der Waals surface area contributed by atoms with Gasteiger partial charge >= 0.3 is 0 Å². The molecule has 0 saturated carbocycles. The van der Waals surface area contributed by atoms with Gasteiger partial charge in [0.05, 0.1) is 25.2 Å². The first-order valence-corrected chi connectivity index (χ1v) is 6.85. The fourth-order valence-electron chi connectivity index (χ4n) is 1.49. The molecule has 2 aromatic heterocycles. The van der Waals surface area contributed by atoms with E-state index in [1.165, 1.54) is 0 Å². The minimum absolute atomic E-state index is 0.453. The van der Waals surface area contributed by atoms with Gasteiger partial charge in [-0.15, -0.1) is 11.3 Å². The van der Waals surface area contributed by atoms with Crippen molar-refractivity contribution in [1.29, 1.82) is 0 Å². The maximum atomic E-state index is 5.65. The van der Waals surface area contributed by atoms with Crippen LogP contribution in [0.15, 0.2) is 11.4 Å². The van der Waals surface area contributed by atoms with Gasteiger partial charge in [-0.2, -0.15) is 4.98 Å². The van der Waals surface area contributed by atoms with Gasteiger partial charge in [0.15, 0.2) is 0 Å². The quantitative estimate of drug-likeness (QED) is 0.745. The minimum Gasteiger partial charge on any atom is -0.475 e. The van der Waals surface area contributed by atoms with Crippen LogP contribution in [0.2, 0.25) is 0 Å². The molecule has 0 aliphatic carbocycles. The highest BCUT2D eigenvalue weighted by atomic mass is 32.1. The summed E-state index contributed by atoms with van der Waals surface area (Å²) in [6.45, 7) is 2.12. The van der Waals surface area contributed by atoms with Crippen molar-refractivity contribution in [3.8, 4) is 5.88 Å². The summed E-state index contributed by atoms with van der Waals surface area (Å²) in [5.41, 5.74) is 0. The molecule has 19 heavy (non-hydrogen) atoms. The molecule has 1 N–H and O–H groups in total. The van der Waals surface area contributed by atoms with Crippen LogP contribution in [-0.4, -0.2) is 50.6 Å². The summed E-state index contributed by atoms with van der Waals surface area (Å²) in [6, 6.07) is 1.96. The Balaban J connectivity index is 1.93. The summed E-state index contributed by atoms with van der Waals surface area (Å²) in [6.07, 6.45) is 0. The van der Waals surface area contributed by atoms with Gasteiger partial charge < -0.3 is 19.5 Å². The van der Waals surface area contributed by atoms with Gasteiger partial charge in [0.2, 0.25) is 11.8 Å². The van der Waals surface area contributed by atoms with Crippen LogP contribution in [0.3, 0.4) is 0 Å². The maximum Gasteiger partial charge on any atom is 0.227 e. The SMILES string of the molecule is CNc1nc(OCCOCCOC)c2ccsc2n1. The lowest BCUT2D eigenvalue weighted by atomic mass is 10.4. The standard InChI is InChI=1S/C12H17N3O3S/c1-13-12-14-10(9-3-8-19-11(9)15-12)18-7-6-17-5-4-16-2/h3,8H,4-7H2,1-2H3,(H,13,14,15).